The van der Waals surface area contributed by atoms with E-state index in [9.17, 15) is 0 Å². The van der Waals surface area contributed by atoms with Gasteiger partial charge in [-0.25, -0.2) is 0 Å². The summed E-state index contributed by atoms with van der Waals surface area (Å²) >= 11 is 18.4. The predicted octanol–water partition coefficient (Wildman–Crippen LogP) is 0.203. The molecule has 0 aliphatic heterocycles. The van der Waals surface area contributed by atoms with Gasteiger partial charge in [0.1, 0.15) is 0 Å². The summed E-state index contributed by atoms with van der Waals surface area (Å²) in [6, 6.07) is 0. The Morgan fingerprint density at radius 2 is 1.25 bits per heavy atom. The molecular formula is C4H10N3S4Zn-. The minimum atomic E-state index is 0. The van der Waals surface area contributed by atoms with Crippen LogP contribution in [0.1, 0.15) is 0 Å². The van der Waals surface area contributed by atoms with Crippen LogP contribution >= 0.6 is 24.4 Å². The van der Waals surface area contributed by atoms with Crippen LogP contribution in [0.25, 0.3) is 0 Å². The third-order valence-electron chi connectivity index (χ3n) is 0.664. The Hall–Kier alpha value is 0.803. The summed E-state index contributed by atoms with van der Waals surface area (Å²) in [6.45, 7) is 1.33. The third-order valence-corrected chi connectivity index (χ3v) is 1.24. The molecule has 0 aliphatic rings. The van der Waals surface area contributed by atoms with E-state index in [-0.39, 0.29) is 25.6 Å². The summed E-state index contributed by atoms with van der Waals surface area (Å²) in [7, 11) is 0. The van der Waals surface area contributed by atoms with Gasteiger partial charge in [-0.3, -0.25) is 0 Å². The maximum absolute atomic E-state index is 4.59. The average Bonchev–Trinajstić information content (AvgIpc) is 1.79. The molecule has 0 spiro atoms. The van der Waals surface area contributed by atoms with E-state index in [0.29, 0.717) is 21.7 Å². The van der Waals surface area contributed by atoms with E-state index in [2.05, 4.69) is 60.3 Å². The Morgan fingerprint density at radius 1 is 1.00 bits per heavy atom. The maximum atomic E-state index is 4.59. The fourth-order valence-electron chi connectivity index (χ4n) is 0.329. The first-order chi connectivity index (χ1) is 4.63. The first-order valence-electron chi connectivity index (χ1n) is 2.52. The molecule has 0 heterocycles. The second-order valence-corrected chi connectivity index (χ2v) is 3.58. The van der Waals surface area contributed by atoms with E-state index < -0.39 is 0 Å². The van der Waals surface area contributed by atoms with E-state index in [1.54, 1.807) is 0 Å². The van der Waals surface area contributed by atoms with Gasteiger partial charge in [0.05, 0.1) is 0 Å². The quantitative estimate of drug-likeness (QED) is 0.299. The molecule has 0 saturated carbocycles. The van der Waals surface area contributed by atoms with E-state index in [0.717, 1.165) is 0 Å². The number of hydrogen-bond donors (Lipinski definition) is 3. The Kier molecular flexibility index (Phi) is 18.3. The standard InChI is InChI=1S/C4H8N2S4.H3N.Zn/c7-3(8)5-1-2-6-4(9)10;;/h1-2H2,(H2,5,7,8)(H2,6,9,10);1H3;/p-1. The molecule has 12 heavy (non-hydrogen) atoms. The van der Waals surface area contributed by atoms with Crippen LogP contribution in [0.2, 0.25) is 0 Å². The molecule has 0 fully saturated rings. The molecule has 0 aliphatic carbocycles. The largest absolute Gasteiger partial charge is 0.412 e. The van der Waals surface area contributed by atoms with Crippen molar-refractivity contribution in [2.45, 2.75) is 0 Å². The molecule has 0 aromatic heterocycles. The second-order valence-electron chi connectivity index (χ2n) is 1.43. The minimum absolute atomic E-state index is 0. The van der Waals surface area contributed by atoms with Crippen molar-refractivity contribution in [3.05, 3.63) is 0 Å². The Balaban J connectivity index is -0.000000405. The number of nitrogens with one attached hydrogen (secondary N) is 2. The summed E-state index contributed by atoms with van der Waals surface area (Å²) in [5.74, 6) is 0. The number of hydrogen-bond acceptors (Lipinski definition) is 4. The van der Waals surface area contributed by atoms with Crippen molar-refractivity contribution in [2.24, 2.45) is 0 Å². The number of thiocarbonyl (C=S) groups is 2. The van der Waals surface area contributed by atoms with Gasteiger partial charge in [-0.15, -0.1) is 0 Å². The molecule has 0 aromatic rings. The second kappa shape index (κ2) is 11.8. The average molecular weight is 294 g/mol. The topological polar surface area (TPSA) is 60.6 Å². The number of quaternary nitrogens is 1. The van der Waals surface area contributed by atoms with Gasteiger partial charge in [0.15, 0.2) is 0 Å². The van der Waals surface area contributed by atoms with Crippen LogP contribution in [-0.2, 0) is 44.7 Å². The molecule has 0 rings (SSSR count). The zero-order chi connectivity index (χ0) is 7.98. The molecule has 3 nitrogen and oxygen atoms in total. The van der Waals surface area contributed by atoms with Gasteiger partial charge in [-0.05, 0) is 0 Å². The van der Waals surface area contributed by atoms with Crippen molar-refractivity contribution < 1.29 is 19.5 Å². The van der Waals surface area contributed by atoms with Gasteiger partial charge in [-0.2, -0.15) is 0 Å². The van der Waals surface area contributed by atoms with E-state index in [4.69, 9.17) is 0 Å². The Labute approximate surface area is 107 Å². The smallest absolute Gasteiger partial charge is 0.0305 e. The summed E-state index contributed by atoms with van der Waals surface area (Å²) in [6.07, 6.45) is 0. The first kappa shape index (κ1) is 18.6. The molecule has 6 N–H and O–H groups in total. The predicted molar refractivity (Wildman–Crippen MR) is 61.9 cm³/mol. The molecule has 0 bridgehead atoms. The first-order valence-corrected chi connectivity index (χ1v) is 4.16. The third kappa shape index (κ3) is 17.1. The number of rotatable bonds is 3. The van der Waals surface area contributed by atoms with Crippen molar-refractivity contribution in [1.29, 1.82) is 0 Å². The van der Waals surface area contributed by atoms with Gasteiger partial charge in [0.25, 0.3) is 0 Å². The Morgan fingerprint density at radius 3 is 1.42 bits per heavy atom. The van der Waals surface area contributed by atoms with E-state index in [1.807, 2.05) is 0 Å². The normalized spacial score (nSPS) is 7.00. The van der Waals surface area contributed by atoms with Gasteiger partial charge < -0.3 is 66.5 Å². The molecule has 0 unspecified atom stereocenters. The van der Waals surface area contributed by atoms with Crippen molar-refractivity contribution in [1.82, 2.24) is 16.8 Å². The molecular weight excluding hydrogens is 284 g/mol. The van der Waals surface area contributed by atoms with Crippen LogP contribution < -0.4 is 16.8 Å². The molecule has 0 radical (unpaired) electrons. The fraction of sp³-hybridized carbons (Fsp3) is 0.500. The molecule has 68 valence electrons. The van der Waals surface area contributed by atoms with Crippen LogP contribution in [0.4, 0.5) is 0 Å². The summed E-state index contributed by atoms with van der Waals surface area (Å²) in [4.78, 5) is 0. The molecule has 0 amide bonds. The van der Waals surface area contributed by atoms with Crippen molar-refractivity contribution >= 4 is 58.3 Å². The minimum Gasteiger partial charge on any atom is -0.412 e. The monoisotopic (exact) mass is 292 g/mol. The molecule has 0 atom stereocenters. The van der Waals surface area contributed by atoms with E-state index in [1.165, 1.54) is 0 Å². The fourth-order valence-corrected chi connectivity index (χ4v) is 0.737. The van der Waals surface area contributed by atoms with Gasteiger partial charge >= 0.3 is 0 Å². The van der Waals surface area contributed by atoms with Crippen molar-refractivity contribution in [3.63, 3.8) is 0 Å². The summed E-state index contributed by atoms with van der Waals surface area (Å²) < 4.78 is 0.745. The van der Waals surface area contributed by atoms with Gasteiger partial charge in [0.2, 0.25) is 0 Å². The van der Waals surface area contributed by atoms with Crippen LogP contribution in [-0.4, -0.2) is 21.7 Å². The van der Waals surface area contributed by atoms with Crippen LogP contribution in [0.15, 0.2) is 0 Å². The zero-order valence-corrected chi connectivity index (χ0v) is 13.0. The van der Waals surface area contributed by atoms with E-state index >= 15 is 0 Å². The van der Waals surface area contributed by atoms with Crippen LogP contribution in [0.3, 0.4) is 0 Å². The molecule has 0 saturated heterocycles. The zero-order valence-electron chi connectivity index (χ0n) is 6.75. The van der Waals surface area contributed by atoms with Crippen LogP contribution in [0, 0.1) is 0 Å². The van der Waals surface area contributed by atoms with Gasteiger partial charge in [0, 0.05) is 32.6 Å². The molecule has 8 heteroatoms. The van der Waals surface area contributed by atoms with Gasteiger partial charge in [-0.1, -0.05) is 8.64 Å². The van der Waals surface area contributed by atoms with Crippen molar-refractivity contribution in [2.75, 3.05) is 13.1 Å². The van der Waals surface area contributed by atoms with Crippen LogP contribution in [0.5, 0.6) is 0 Å². The summed E-state index contributed by atoms with van der Waals surface area (Å²) in [5.41, 5.74) is 0. The summed E-state index contributed by atoms with van der Waals surface area (Å²) in [5, 5.41) is 5.56. The Bertz CT molecular complexity index is 126. The van der Waals surface area contributed by atoms with Crippen molar-refractivity contribution in [3.8, 4) is 0 Å². The SMILES string of the molecule is S=C([S-])NCCNC(=S)[S-].[NH4+].[Zn]. The maximum Gasteiger partial charge on any atom is 0.0305 e. The molecule has 0 aromatic carbocycles.